The maximum atomic E-state index is 12.8. The van der Waals surface area contributed by atoms with Gasteiger partial charge in [-0.1, -0.05) is 0 Å². The van der Waals surface area contributed by atoms with E-state index in [0.717, 1.165) is 19.2 Å². The number of hydrogen-bond donors (Lipinski definition) is 1. The van der Waals surface area contributed by atoms with Crippen molar-refractivity contribution in [2.24, 2.45) is 0 Å². The SMILES string of the molecule is CC(C)(C)N1CCN(c2cc(C(F)(F)F)nc(N)n2)CC1. The van der Waals surface area contributed by atoms with Crippen LogP contribution in [0.25, 0.3) is 0 Å². The van der Waals surface area contributed by atoms with Gasteiger partial charge in [0.15, 0.2) is 5.69 Å². The third-order valence-corrected chi connectivity index (χ3v) is 3.57. The highest BCUT2D eigenvalue weighted by Crippen LogP contribution is 2.30. The standard InChI is InChI=1S/C13H20F3N5/c1-12(2,3)21-6-4-20(5-7-21)10-8-9(13(14,15)16)18-11(17)19-10/h8H,4-7H2,1-3H3,(H2,17,18,19). The molecule has 0 bridgehead atoms. The molecule has 0 atom stereocenters. The van der Waals surface area contributed by atoms with Crippen LogP contribution in [0.4, 0.5) is 24.9 Å². The second-order valence-electron chi connectivity index (χ2n) is 6.11. The molecule has 5 nitrogen and oxygen atoms in total. The maximum absolute atomic E-state index is 12.8. The average Bonchev–Trinajstić information content (AvgIpc) is 2.36. The van der Waals surface area contributed by atoms with Crippen molar-refractivity contribution < 1.29 is 13.2 Å². The summed E-state index contributed by atoms with van der Waals surface area (Å²) >= 11 is 0. The molecule has 0 aliphatic carbocycles. The van der Waals surface area contributed by atoms with Crippen LogP contribution in [-0.4, -0.2) is 46.6 Å². The third kappa shape index (κ3) is 3.75. The Hall–Kier alpha value is -1.57. The highest BCUT2D eigenvalue weighted by atomic mass is 19.4. The van der Waals surface area contributed by atoms with Crippen molar-refractivity contribution >= 4 is 11.8 Å². The normalized spacial score (nSPS) is 18.1. The molecule has 1 saturated heterocycles. The van der Waals surface area contributed by atoms with Crippen LogP contribution in [0.1, 0.15) is 26.5 Å². The number of hydrogen-bond acceptors (Lipinski definition) is 5. The number of rotatable bonds is 1. The van der Waals surface area contributed by atoms with Crippen molar-refractivity contribution in [3.8, 4) is 0 Å². The van der Waals surface area contributed by atoms with Crippen molar-refractivity contribution in [2.45, 2.75) is 32.5 Å². The summed E-state index contributed by atoms with van der Waals surface area (Å²) in [6, 6.07) is 0.961. The first-order chi connectivity index (χ1) is 9.57. The molecule has 118 valence electrons. The molecular weight excluding hydrogens is 283 g/mol. The quantitative estimate of drug-likeness (QED) is 0.860. The summed E-state index contributed by atoms with van der Waals surface area (Å²) in [5, 5.41) is 0. The Morgan fingerprint density at radius 1 is 1.05 bits per heavy atom. The minimum Gasteiger partial charge on any atom is -0.368 e. The van der Waals surface area contributed by atoms with Crippen LogP contribution in [0.15, 0.2) is 6.07 Å². The van der Waals surface area contributed by atoms with Crippen LogP contribution in [-0.2, 0) is 6.18 Å². The lowest BCUT2D eigenvalue weighted by Crippen LogP contribution is -2.53. The van der Waals surface area contributed by atoms with Crippen molar-refractivity contribution in [1.29, 1.82) is 0 Å². The van der Waals surface area contributed by atoms with E-state index in [4.69, 9.17) is 5.73 Å². The van der Waals surface area contributed by atoms with E-state index in [1.807, 2.05) is 4.90 Å². The van der Waals surface area contributed by atoms with E-state index in [-0.39, 0.29) is 17.3 Å². The number of anilines is 2. The molecule has 1 aliphatic rings. The van der Waals surface area contributed by atoms with Gasteiger partial charge in [0.25, 0.3) is 0 Å². The fourth-order valence-electron chi connectivity index (χ4n) is 2.37. The predicted octanol–water partition coefficient (Wildman–Crippen LogP) is 2.00. The molecular formula is C13H20F3N5. The Balaban J connectivity index is 2.16. The molecule has 2 rings (SSSR count). The van der Waals surface area contributed by atoms with E-state index in [9.17, 15) is 13.2 Å². The zero-order valence-electron chi connectivity index (χ0n) is 12.4. The maximum Gasteiger partial charge on any atom is 0.433 e. The molecule has 0 spiro atoms. The van der Waals surface area contributed by atoms with Gasteiger partial charge in [-0.2, -0.15) is 18.2 Å². The van der Waals surface area contributed by atoms with Gasteiger partial charge in [0.05, 0.1) is 0 Å². The number of piperazine rings is 1. The number of alkyl halides is 3. The second-order valence-corrected chi connectivity index (χ2v) is 6.11. The van der Waals surface area contributed by atoms with Crippen molar-refractivity contribution in [2.75, 3.05) is 36.8 Å². The molecule has 0 aromatic carbocycles. The van der Waals surface area contributed by atoms with E-state index in [1.54, 1.807) is 0 Å². The van der Waals surface area contributed by atoms with Crippen LogP contribution >= 0.6 is 0 Å². The molecule has 2 N–H and O–H groups in total. The first-order valence-electron chi connectivity index (χ1n) is 6.79. The van der Waals surface area contributed by atoms with Crippen LogP contribution in [0, 0.1) is 0 Å². The Bertz CT molecular complexity index is 502. The van der Waals surface area contributed by atoms with E-state index in [1.165, 1.54) is 0 Å². The molecule has 1 fully saturated rings. The number of halogens is 3. The molecule has 0 unspecified atom stereocenters. The van der Waals surface area contributed by atoms with Gasteiger partial charge < -0.3 is 10.6 Å². The number of nitrogen functional groups attached to an aromatic ring is 1. The minimum absolute atomic E-state index is 0.0495. The molecule has 0 saturated carbocycles. The third-order valence-electron chi connectivity index (χ3n) is 3.57. The van der Waals surface area contributed by atoms with Crippen LogP contribution < -0.4 is 10.6 Å². The van der Waals surface area contributed by atoms with Crippen LogP contribution in [0.5, 0.6) is 0 Å². The van der Waals surface area contributed by atoms with Gasteiger partial charge in [0.1, 0.15) is 5.82 Å². The smallest absolute Gasteiger partial charge is 0.368 e. The van der Waals surface area contributed by atoms with Crippen LogP contribution in [0.2, 0.25) is 0 Å². The van der Waals surface area contributed by atoms with Crippen LogP contribution in [0.3, 0.4) is 0 Å². The number of nitrogens with two attached hydrogens (primary N) is 1. The lowest BCUT2D eigenvalue weighted by Gasteiger charge is -2.42. The Morgan fingerprint density at radius 2 is 1.62 bits per heavy atom. The van der Waals surface area contributed by atoms with E-state index in [0.29, 0.717) is 13.1 Å². The van der Waals surface area contributed by atoms with E-state index in [2.05, 4.69) is 35.6 Å². The lowest BCUT2D eigenvalue weighted by molar-refractivity contribution is -0.141. The molecule has 0 radical (unpaired) electrons. The summed E-state index contributed by atoms with van der Waals surface area (Å²) in [6.07, 6.45) is -4.51. The molecule has 21 heavy (non-hydrogen) atoms. The van der Waals surface area contributed by atoms with Gasteiger partial charge in [-0.25, -0.2) is 4.98 Å². The summed E-state index contributed by atoms with van der Waals surface area (Å²) in [5.41, 5.74) is 4.45. The second kappa shape index (κ2) is 5.32. The Labute approximate surface area is 122 Å². The molecule has 1 aliphatic heterocycles. The molecule has 8 heteroatoms. The number of nitrogens with zero attached hydrogens (tertiary/aromatic N) is 4. The van der Waals surface area contributed by atoms with Crippen molar-refractivity contribution in [3.05, 3.63) is 11.8 Å². The van der Waals surface area contributed by atoms with Gasteiger partial charge >= 0.3 is 6.18 Å². The fraction of sp³-hybridized carbons (Fsp3) is 0.692. The predicted molar refractivity (Wildman–Crippen MR) is 75.0 cm³/mol. The largest absolute Gasteiger partial charge is 0.433 e. The first kappa shape index (κ1) is 15.8. The van der Waals surface area contributed by atoms with E-state index < -0.39 is 11.9 Å². The summed E-state index contributed by atoms with van der Waals surface area (Å²) in [6.45, 7) is 9.13. The lowest BCUT2D eigenvalue weighted by atomic mass is 10.1. The summed E-state index contributed by atoms with van der Waals surface area (Å²) < 4.78 is 38.3. The summed E-state index contributed by atoms with van der Waals surface area (Å²) in [4.78, 5) is 11.3. The van der Waals surface area contributed by atoms with Crippen molar-refractivity contribution in [1.82, 2.24) is 14.9 Å². The minimum atomic E-state index is -4.51. The van der Waals surface area contributed by atoms with Gasteiger partial charge in [0, 0.05) is 37.8 Å². The first-order valence-corrected chi connectivity index (χ1v) is 6.79. The average molecular weight is 303 g/mol. The Morgan fingerprint density at radius 3 is 2.10 bits per heavy atom. The van der Waals surface area contributed by atoms with E-state index >= 15 is 0 Å². The van der Waals surface area contributed by atoms with Gasteiger partial charge in [-0.05, 0) is 20.8 Å². The fourth-order valence-corrected chi connectivity index (χ4v) is 2.37. The molecule has 0 amide bonds. The van der Waals surface area contributed by atoms with Gasteiger partial charge in [0.2, 0.25) is 5.95 Å². The highest BCUT2D eigenvalue weighted by Gasteiger charge is 2.34. The van der Waals surface area contributed by atoms with Gasteiger partial charge in [-0.3, -0.25) is 4.90 Å². The Kier molecular flexibility index (Phi) is 4.01. The summed E-state index contributed by atoms with van der Waals surface area (Å²) in [7, 11) is 0. The van der Waals surface area contributed by atoms with Gasteiger partial charge in [-0.15, -0.1) is 0 Å². The zero-order chi connectivity index (χ0) is 15.8. The number of aromatic nitrogens is 2. The molecule has 1 aromatic rings. The molecule has 2 heterocycles. The highest BCUT2D eigenvalue weighted by molar-refractivity contribution is 5.44. The monoisotopic (exact) mass is 303 g/mol. The van der Waals surface area contributed by atoms with Crippen molar-refractivity contribution in [3.63, 3.8) is 0 Å². The topological polar surface area (TPSA) is 58.3 Å². The summed E-state index contributed by atoms with van der Waals surface area (Å²) in [5.74, 6) is -0.110. The molecule has 1 aromatic heterocycles. The zero-order valence-corrected chi connectivity index (χ0v) is 12.4.